The fraction of sp³-hybridized carbons (Fsp3) is 0.278. The molecule has 0 bridgehead atoms. The molecule has 5 heteroatoms. The molecule has 2 aromatic carbocycles. The van der Waals surface area contributed by atoms with E-state index in [-0.39, 0.29) is 6.04 Å². The molecule has 2 rings (SSSR count). The fourth-order valence-corrected chi connectivity index (χ4v) is 2.59. The Hall–Kier alpha value is -2.01. The molecule has 0 aromatic heterocycles. The first-order valence-corrected chi connectivity index (χ1v) is 7.94. The topological polar surface area (TPSA) is 24.1 Å². The van der Waals surface area contributed by atoms with E-state index in [0.29, 0.717) is 16.7 Å². The van der Waals surface area contributed by atoms with Gasteiger partial charge in [-0.2, -0.15) is 0 Å². The van der Waals surface area contributed by atoms with Gasteiger partial charge in [-0.15, -0.1) is 0 Å². The van der Waals surface area contributed by atoms with Crippen molar-refractivity contribution < 1.29 is 8.78 Å². The molecule has 2 aromatic rings. The van der Waals surface area contributed by atoms with Crippen molar-refractivity contribution in [1.82, 2.24) is 5.32 Å². The lowest BCUT2D eigenvalue weighted by atomic mass is 9.97. The van der Waals surface area contributed by atoms with E-state index in [2.05, 4.69) is 24.5 Å². The van der Waals surface area contributed by atoms with Crippen molar-refractivity contribution in [2.75, 3.05) is 5.32 Å². The van der Waals surface area contributed by atoms with Gasteiger partial charge in [0.2, 0.25) is 0 Å². The molecule has 0 heterocycles. The Morgan fingerprint density at radius 2 is 1.74 bits per heavy atom. The second-order valence-electron chi connectivity index (χ2n) is 5.82. The highest BCUT2D eigenvalue weighted by molar-refractivity contribution is 7.80. The molecule has 0 saturated carbocycles. The molecule has 0 fully saturated rings. The molecule has 0 amide bonds. The van der Waals surface area contributed by atoms with Gasteiger partial charge in [0.1, 0.15) is 0 Å². The molecule has 0 spiro atoms. The molecule has 2 nitrogen and oxygen atoms in total. The van der Waals surface area contributed by atoms with E-state index in [0.717, 1.165) is 24.1 Å². The van der Waals surface area contributed by atoms with Crippen molar-refractivity contribution in [3.8, 4) is 0 Å². The summed E-state index contributed by atoms with van der Waals surface area (Å²) in [4.78, 5) is 0. The van der Waals surface area contributed by atoms with Gasteiger partial charge in [-0.05, 0) is 42.3 Å². The van der Waals surface area contributed by atoms with Gasteiger partial charge in [0.15, 0.2) is 16.7 Å². The second kappa shape index (κ2) is 8.02. The Kier molecular flexibility index (Phi) is 6.04. The summed E-state index contributed by atoms with van der Waals surface area (Å²) in [6, 6.07) is 13.7. The first kappa shape index (κ1) is 17.3. The summed E-state index contributed by atoms with van der Waals surface area (Å²) in [6.07, 6.45) is 0.906. The minimum absolute atomic E-state index is 0.0569. The summed E-state index contributed by atoms with van der Waals surface area (Å²) in [6.45, 7) is 4.28. The van der Waals surface area contributed by atoms with Crippen molar-refractivity contribution in [1.29, 1.82) is 0 Å². The van der Waals surface area contributed by atoms with Crippen LogP contribution in [0, 0.1) is 17.6 Å². The van der Waals surface area contributed by atoms with E-state index in [4.69, 9.17) is 12.2 Å². The number of rotatable bonds is 5. The van der Waals surface area contributed by atoms with Gasteiger partial charge in [0.05, 0.1) is 6.04 Å². The van der Waals surface area contributed by atoms with E-state index in [1.807, 2.05) is 30.3 Å². The minimum atomic E-state index is -0.903. The molecule has 1 unspecified atom stereocenters. The second-order valence-corrected chi connectivity index (χ2v) is 6.23. The van der Waals surface area contributed by atoms with Crippen LogP contribution in [0.2, 0.25) is 0 Å². The standard InChI is InChI=1S/C18H20F2N2S/c1-12(2)10-17(13-6-4-3-5-7-13)22-18(23)21-14-8-9-15(19)16(20)11-14/h3-9,11-12,17H,10H2,1-2H3,(H2,21,22,23). The highest BCUT2D eigenvalue weighted by atomic mass is 32.1. The summed E-state index contributed by atoms with van der Waals surface area (Å²) in [5.74, 6) is -1.30. The monoisotopic (exact) mass is 334 g/mol. The third kappa shape index (κ3) is 5.28. The van der Waals surface area contributed by atoms with Crippen LogP contribution in [-0.4, -0.2) is 5.11 Å². The minimum Gasteiger partial charge on any atom is -0.356 e. The maximum absolute atomic E-state index is 13.3. The SMILES string of the molecule is CC(C)CC(NC(=S)Nc1ccc(F)c(F)c1)c1ccccc1. The van der Waals surface area contributed by atoms with Crippen LogP contribution in [0.15, 0.2) is 48.5 Å². The van der Waals surface area contributed by atoms with E-state index >= 15 is 0 Å². The predicted octanol–water partition coefficient (Wildman–Crippen LogP) is 5.04. The van der Waals surface area contributed by atoms with Crippen molar-refractivity contribution in [2.24, 2.45) is 5.92 Å². The highest BCUT2D eigenvalue weighted by Crippen LogP contribution is 2.21. The lowest BCUT2D eigenvalue weighted by Gasteiger charge is -2.23. The van der Waals surface area contributed by atoms with Crippen molar-refractivity contribution in [2.45, 2.75) is 26.3 Å². The van der Waals surface area contributed by atoms with E-state index in [9.17, 15) is 8.78 Å². The van der Waals surface area contributed by atoms with Crippen LogP contribution in [0.4, 0.5) is 14.5 Å². The number of thiocarbonyl (C=S) groups is 1. The largest absolute Gasteiger partial charge is 0.356 e. The molecular formula is C18H20F2N2S. The van der Waals surface area contributed by atoms with Crippen LogP contribution < -0.4 is 10.6 Å². The summed E-state index contributed by atoms with van der Waals surface area (Å²) in [5, 5.41) is 6.53. The Morgan fingerprint density at radius 1 is 1.04 bits per heavy atom. The van der Waals surface area contributed by atoms with E-state index < -0.39 is 11.6 Å². The van der Waals surface area contributed by atoms with E-state index in [1.54, 1.807) is 0 Å². The average molecular weight is 334 g/mol. The average Bonchev–Trinajstić information content (AvgIpc) is 2.51. The molecule has 0 aliphatic rings. The Labute approximate surface area is 140 Å². The maximum atomic E-state index is 13.3. The molecule has 0 aliphatic heterocycles. The third-order valence-electron chi connectivity index (χ3n) is 3.39. The molecule has 0 radical (unpaired) electrons. The quantitative estimate of drug-likeness (QED) is 0.749. The molecule has 1 atom stereocenters. The maximum Gasteiger partial charge on any atom is 0.171 e. The summed E-state index contributed by atoms with van der Waals surface area (Å²) in [5.41, 5.74) is 1.55. The van der Waals surface area contributed by atoms with Gasteiger partial charge in [0, 0.05) is 11.8 Å². The first-order chi connectivity index (χ1) is 11.0. The number of benzene rings is 2. The smallest absolute Gasteiger partial charge is 0.171 e. The summed E-state index contributed by atoms with van der Waals surface area (Å²) < 4.78 is 26.2. The van der Waals surface area contributed by atoms with E-state index in [1.165, 1.54) is 6.07 Å². The Morgan fingerprint density at radius 3 is 2.35 bits per heavy atom. The van der Waals surface area contributed by atoms with Crippen molar-refractivity contribution in [3.63, 3.8) is 0 Å². The van der Waals surface area contributed by atoms with Crippen LogP contribution in [-0.2, 0) is 0 Å². The molecule has 0 saturated heterocycles. The zero-order chi connectivity index (χ0) is 16.8. The van der Waals surface area contributed by atoms with Gasteiger partial charge in [-0.25, -0.2) is 8.78 Å². The number of hydrogen-bond donors (Lipinski definition) is 2. The van der Waals surface area contributed by atoms with Crippen LogP contribution in [0.25, 0.3) is 0 Å². The highest BCUT2D eigenvalue weighted by Gasteiger charge is 2.14. The van der Waals surface area contributed by atoms with Crippen molar-refractivity contribution >= 4 is 23.0 Å². The van der Waals surface area contributed by atoms with Gasteiger partial charge >= 0.3 is 0 Å². The molecular weight excluding hydrogens is 314 g/mol. The van der Waals surface area contributed by atoms with Gasteiger partial charge in [-0.3, -0.25) is 0 Å². The van der Waals surface area contributed by atoms with Crippen LogP contribution in [0.5, 0.6) is 0 Å². The zero-order valence-corrected chi connectivity index (χ0v) is 14.0. The number of anilines is 1. The number of hydrogen-bond acceptors (Lipinski definition) is 1. The zero-order valence-electron chi connectivity index (χ0n) is 13.1. The number of nitrogens with one attached hydrogen (secondary N) is 2. The Balaban J connectivity index is 2.06. The molecule has 2 N–H and O–H groups in total. The van der Waals surface area contributed by atoms with Crippen LogP contribution in [0.3, 0.4) is 0 Å². The fourth-order valence-electron chi connectivity index (χ4n) is 2.33. The summed E-state index contributed by atoms with van der Waals surface area (Å²) >= 11 is 5.30. The predicted molar refractivity (Wildman–Crippen MR) is 94.4 cm³/mol. The molecule has 122 valence electrons. The molecule has 23 heavy (non-hydrogen) atoms. The van der Waals surface area contributed by atoms with Crippen LogP contribution in [0.1, 0.15) is 31.9 Å². The lowest BCUT2D eigenvalue weighted by Crippen LogP contribution is -2.33. The van der Waals surface area contributed by atoms with Crippen LogP contribution >= 0.6 is 12.2 Å². The van der Waals surface area contributed by atoms with Crippen molar-refractivity contribution in [3.05, 3.63) is 65.7 Å². The number of halogens is 2. The Bertz CT molecular complexity index is 659. The van der Waals surface area contributed by atoms with Gasteiger partial charge in [0.25, 0.3) is 0 Å². The lowest BCUT2D eigenvalue weighted by molar-refractivity contribution is 0.481. The van der Waals surface area contributed by atoms with Gasteiger partial charge in [-0.1, -0.05) is 44.2 Å². The summed E-state index contributed by atoms with van der Waals surface area (Å²) in [7, 11) is 0. The normalized spacial score (nSPS) is 12.0. The van der Waals surface area contributed by atoms with Gasteiger partial charge < -0.3 is 10.6 Å². The third-order valence-corrected chi connectivity index (χ3v) is 3.61. The first-order valence-electron chi connectivity index (χ1n) is 7.53. The molecule has 0 aliphatic carbocycles.